The van der Waals surface area contributed by atoms with Gasteiger partial charge in [-0.2, -0.15) is 18.6 Å². The van der Waals surface area contributed by atoms with E-state index in [0.29, 0.717) is 19.8 Å². The lowest BCUT2D eigenvalue weighted by molar-refractivity contribution is -0.141. The minimum absolute atomic E-state index is 0.0149. The number of benzene rings is 1. The standard InChI is InChI=1S/C15H25BN2O4.C13H18O5S.C9H15BN2O2/c1-13(2)14(3,4)22-16(21-13)11-7-17-18(8-11)9-12-10-19-15(5,6)20-12;1-10-4-6-12(7-5-10)19(14,15)17-9-11-8-16-13(2,3)18-11;1-8(2)9(3,4)14-10(13-8)7-5-11-12-6-7/h7-8,12H,9-10H2,1-6H3;4-7,11H,8-9H2,1-3H3;5-6H,1-4H3,(H,11,12)/t12-;11-;/m10./s1. The molecule has 304 valence electrons. The third-order valence-electron chi connectivity index (χ3n) is 10.5. The minimum atomic E-state index is -3.74. The summed E-state index contributed by atoms with van der Waals surface area (Å²) in [6.45, 7) is 27.1. The Morgan fingerprint density at radius 1 is 0.745 bits per heavy atom. The van der Waals surface area contributed by atoms with Crippen LogP contribution in [0.1, 0.15) is 88.6 Å². The van der Waals surface area contributed by atoms with Gasteiger partial charge in [0.2, 0.25) is 0 Å². The summed E-state index contributed by atoms with van der Waals surface area (Å²) in [6, 6.07) is 6.52. The highest BCUT2D eigenvalue weighted by molar-refractivity contribution is 7.86. The van der Waals surface area contributed by atoms with Gasteiger partial charge in [-0.05, 0) is 102 Å². The molecule has 6 heterocycles. The number of ether oxygens (including phenoxy) is 4. The molecule has 55 heavy (non-hydrogen) atoms. The van der Waals surface area contributed by atoms with Gasteiger partial charge in [0.15, 0.2) is 11.6 Å². The number of hydrogen-bond acceptors (Lipinski definition) is 13. The molecular formula is C37H58B2N4O11S. The minimum Gasteiger partial charge on any atom is -0.399 e. The zero-order valence-electron chi connectivity index (χ0n) is 34.5. The van der Waals surface area contributed by atoms with Crippen LogP contribution in [0.25, 0.3) is 0 Å². The summed E-state index contributed by atoms with van der Waals surface area (Å²) < 4.78 is 76.7. The van der Waals surface area contributed by atoms with E-state index in [9.17, 15) is 8.42 Å². The Labute approximate surface area is 326 Å². The number of aryl methyl sites for hydroxylation is 1. The zero-order chi connectivity index (χ0) is 40.7. The van der Waals surface area contributed by atoms with E-state index in [1.165, 1.54) is 12.1 Å². The number of rotatable bonds is 8. The van der Waals surface area contributed by atoms with Crippen LogP contribution in [-0.4, -0.2) is 109 Å². The van der Waals surface area contributed by atoms with Crippen LogP contribution in [0, 0.1) is 6.92 Å². The second-order valence-electron chi connectivity index (χ2n) is 17.2. The molecule has 0 aliphatic carbocycles. The Bertz CT molecular complexity index is 1800. The van der Waals surface area contributed by atoms with Gasteiger partial charge in [0.25, 0.3) is 10.1 Å². The number of aromatic nitrogens is 4. The molecule has 18 heteroatoms. The van der Waals surface area contributed by atoms with Crippen LogP contribution in [0.3, 0.4) is 0 Å². The number of aromatic amines is 1. The molecule has 1 aromatic carbocycles. The topological polar surface area (TPSA) is 164 Å². The number of nitrogens with zero attached hydrogens (tertiary/aromatic N) is 3. The fourth-order valence-electron chi connectivity index (χ4n) is 5.79. The van der Waals surface area contributed by atoms with Crippen LogP contribution < -0.4 is 10.9 Å². The summed E-state index contributed by atoms with van der Waals surface area (Å²) in [5, 5.41) is 11.0. The summed E-state index contributed by atoms with van der Waals surface area (Å²) in [4.78, 5) is 0.149. The van der Waals surface area contributed by atoms with Crippen molar-refractivity contribution in [3.05, 3.63) is 54.6 Å². The smallest absolute Gasteiger partial charge is 0.399 e. The first-order valence-corrected chi connectivity index (χ1v) is 20.0. The van der Waals surface area contributed by atoms with E-state index in [1.54, 1.807) is 44.6 Å². The normalized spacial score (nSPS) is 25.6. The van der Waals surface area contributed by atoms with Gasteiger partial charge in [-0.15, -0.1) is 0 Å². The van der Waals surface area contributed by atoms with Crippen LogP contribution in [-0.2, 0) is 58.4 Å². The Balaban J connectivity index is 0.000000162. The average molecular weight is 789 g/mol. The summed E-state index contributed by atoms with van der Waals surface area (Å²) in [6.07, 6.45) is 6.92. The molecule has 0 amide bonds. The average Bonchev–Trinajstić information content (AvgIpc) is 3.91. The van der Waals surface area contributed by atoms with Crippen LogP contribution in [0.2, 0.25) is 0 Å². The molecule has 4 fully saturated rings. The van der Waals surface area contributed by atoms with Crippen LogP contribution in [0.15, 0.2) is 53.9 Å². The maximum Gasteiger partial charge on any atom is 0.498 e. The SMILES string of the molecule is CC1(C)OB(c2cn[nH]c2)OC1(C)C.CC1(C)OC[C@@H](Cn2cc(B3OC(C)(C)C(C)(C)O3)cn2)O1.Cc1ccc(S(=O)(=O)OC[C@@H]2COC(C)(C)O2)cc1. The maximum absolute atomic E-state index is 11.9. The van der Waals surface area contributed by atoms with Gasteiger partial charge in [-0.3, -0.25) is 14.0 Å². The monoisotopic (exact) mass is 788 g/mol. The van der Waals surface area contributed by atoms with E-state index >= 15 is 0 Å². The molecule has 0 saturated carbocycles. The lowest BCUT2D eigenvalue weighted by atomic mass is 9.82. The van der Waals surface area contributed by atoms with Crippen LogP contribution in [0.5, 0.6) is 0 Å². The largest absolute Gasteiger partial charge is 0.498 e. The molecule has 0 unspecified atom stereocenters. The Hall–Kier alpha value is -2.64. The first-order chi connectivity index (χ1) is 25.3. The van der Waals surface area contributed by atoms with Gasteiger partial charge in [-0.25, -0.2) is 0 Å². The first kappa shape index (κ1) is 43.5. The molecule has 0 spiro atoms. The van der Waals surface area contributed by atoms with Gasteiger partial charge in [0, 0.05) is 35.7 Å². The van der Waals surface area contributed by atoms with E-state index < -0.39 is 21.7 Å². The van der Waals surface area contributed by atoms with E-state index in [-0.39, 0.29) is 60.4 Å². The van der Waals surface area contributed by atoms with E-state index in [2.05, 4.69) is 15.3 Å². The molecule has 4 saturated heterocycles. The molecular weight excluding hydrogens is 730 g/mol. The Morgan fingerprint density at radius 3 is 1.69 bits per heavy atom. The van der Waals surface area contributed by atoms with E-state index in [1.807, 2.05) is 87.0 Å². The van der Waals surface area contributed by atoms with Crippen molar-refractivity contribution >= 4 is 35.3 Å². The second kappa shape index (κ2) is 16.0. The third kappa shape index (κ3) is 10.9. The molecule has 4 aliphatic heterocycles. The van der Waals surface area contributed by atoms with Crippen LogP contribution in [0.4, 0.5) is 0 Å². The fraction of sp³-hybridized carbons (Fsp3) is 0.676. The van der Waals surface area contributed by atoms with Crippen molar-refractivity contribution in [2.75, 3.05) is 19.8 Å². The highest BCUT2D eigenvalue weighted by Crippen LogP contribution is 2.37. The fourth-order valence-corrected chi connectivity index (χ4v) is 6.73. The van der Waals surface area contributed by atoms with Gasteiger partial charge in [0.1, 0.15) is 12.2 Å². The molecule has 0 bridgehead atoms. The molecule has 0 radical (unpaired) electrons. The quantitative estimate of drug-likeness (QED) is 0.259. The van der Waals surface area contributed by atoms with Crippen molar-refractivity contribution in [1.29, 1.82) is 0 Å². The highest BCUT2D eigenvalue weighted by atomic mass is 32.2. The molecule has 7 rings (SSSR count). The molecule has 15 nitrogen and oxygen atoms in total. The predicted octanol–water partition coefficient (Wildman–Crippen LogP) is 3.89. The van der Waals surface area contributed by atoms with Crippen LogP contribution >= 0.6 is 0 Å². The van der Waals surface area contributed by atoms with Gasteiger partial charge in [-0.1, -0.05) is 17.7 Å². The predicted molar refractivity (Wildman–Crippen MR) is 206 cm³/mol. The summed E-state index contributed by atoms with van der Waals surface area (Å²) in [5.41, 5.74) is 1.61. The van der Waals surface area contributed by atoms with Gasteiger partial charge >= 0.3 is 14.2 Å². The number of nitrogens with one attached hydrogen (secondary N) is 1. The molecule has 2 aromatic heterocycles. The Kier molecular flexibility index (Phi) is 12.6. The zero-order valence-corrected chi connectivity index (χ0v) is 35.3. The van der Waals surface area contributed by atoms with Crippen molar-refractivity contribution in [2.45, 2.75) is 148 Å². The van der Waals surface area contributed by atoms with Crippen molar-refractivity contribution in [3.8, 4) is 0 Å². The third-order valence-corrected chi connectivity index (χ3v) is 11.8. The first-order valence-electron chi connectivity index (χ1n) is 18.6. The highest BCUT2D eigenvalue weighted by Gasteiger charge is 2.53. The van der Waals surface area contributed by atoms with Gasteiger partial charge in [0.05, 0.1) is 53.7 Å². The molecule has 4 aliphatic rings. The van der Waals surface area contributed by atoms with E-state index in [0.717, 1.165) is 16.5 Å². The number of H-pyrrole nitrogens is 1. The van der Waals surface area contributed by atoms with E-state index in [4.69, 9.17) is 41.7 Å². The second-order valence-corrected chi connectivity index (χ2v) is 18.8. The summed E-state index contributed by atoms with van der Waals surface area (Å²) in [7, 11) is -4.42. The summed E-state index contributed by atoms with van der Waals surface area (Å²) >= 11 is 0. The number of hydrogen-bond donors (Lipinski definition) is 1. The van der Waals surface area contributed by atoms with Crippen molar-refractivity contribution in [1.82, 2.24) is 20.0 Å². The molecule has 2 atom stereocenters. The summed E-state index contributed by atoms with van der Waals surface area (Å²) in [5.74, 6) is -1.19. The van der Waals surface area contributed by atoms with Crippen molar-refractivity contribution in [3.63, 3.8) is 0 Å². The Morgan fingerprint density at radius 2 is 1.24 bits per heavy atom. The lowest BCUT2D eigenvalue weighted by Gasteiger charge is -2.32. The molecule has 1 N–H and O–H groups in total. The maximum atomic E-state index is 11.9. The van der Waals surface area contributed by atoms with Gasteiger partial charge < -0.3 is 37.6 Å². The molecule has 3 aromatic rings. The van der Waals surface area contributed by atoms with Crippen molar-refractivity contribution < 1.29 is 50.2 Å². The lowest BCUT2D eigenvalue weighted by Crippen LogP contribution is -2.41. The van der Waals surface area contributed by atoms with Crippen molar-refractivity contribution in [2.24, 2.45) is 0 Å².